The first kappa shape index (κ1) is 24.4. The summed E-state index contributed by atoms with van der Waals surface area (Å²) in [6.45, 7) is 23.1. The number of thioether (sulfide) groups is 2. The molecule has 2 radical (unpaired) electrons. The maximum absolute atomic E-state index is 11.6. The van der Waals surface area contributed by atoms with Gasteiger partial charge in [0.05, 0.1) is 0 Å². The molecule has 1 aromatic carbocycles. The summed E-state index contributed by atoms with van der Waals surface area (Å²) in [4.78, 5) is 25.2. The van der Waals surface area contributed by atoms with E-state index in [1.54, 1.807) is 37.4 Å². The SMILES string of the molecule is [CH2]c1ccc(SC(C)COC(=O)C(=C)C)c(SC(C)COC(=O)C(=C)C)c1[CH2]. The van der Waals surface area contributed by atoms with Gasteiger partial charge < -0.3 is 9.47 Å². The van der Waals surface area contributed by atoms with Gasteiger partial charge in [0.25, 0.3) is 0 Å². The smallest absolute Gasteiger partial charge is 0.333 e. The molecule has 152 valence electrons. The molecule has 0 aliphatic carbocycles. The van der Waals surface area contributed by atoms with Gasteiger partial charge in [0, 0.05) is 31.4 Å². The van der Waals surface area contributed by atoms with Crippen LogP contribution < -0.4 is 0 Å². The van der Waals surface area contributed by atoms with Gasteiger partial charge in [0.1, 0.15) is 13.2 Å². The van der Waals surface area contributed by atoms with Crippen molar-refractivity contribution < 1.29 is 19.1 Å². The van der Waals surface area contributed by atoms with Crippen molar-refractivity contribution in [3.05, 3.63) is 61.4 Å². The highest BCUT2D eigenvalue weighted by Crippen LogP contribution is 2.39. The Balaban J connectivity index is 2.83. The molecule has 1 aromatic rings. The molecule has 0 aliphatic heterocycles. The van der Waals surface area contributed by atoms with Crippen LogP contribution in [0.15, 0.2) is 46.2 Å². The van der Waals surface area contributed by atoms with Crippen molar-refractivity contribution in [3.8, 4) is 0 Å². The Morgan fingerprint density at radius 1 is 0.929 bits per heavy atom. The first-order chi connectivity index (χ1) is 13.0. The van der Waals surface area contributed by atoms with Crippen LogP contribution in [0.3, 0.4) is 0 Å². The Morgan fingerprint density at radius 2 is 1.39 bits per heavy atom. The van der Waals surface area contributed by atoms with E-state index >= 15 is 0 Å². The summed E-state index contributed by atoms with van der Waals surface area (Å²) >= 11 is 3.18. The van der Waals surface area contributed by atoms with E-state index in [0.29, 0.717) is 11.1 Å². The quantitative estimate of drug-likeness (QED) is 0.293. The topological polar surface area (TPSA) is 52.6 Å². The third-order valence-corrected chi connectivity index (χ3v) is 6.07. The molecule has 0 N–H and O–H groups in total. The Bertz CT molecular complexity index is 755. The third kappa shape index (κ3) is 7.76. The number of hydrogen-bond donors (Lipinski definition) is 0. The van der Waals surface area contributed by atoms with E-state index in [1.165, 1.54) is 0 Å². The molecular weight excluding hydrogens is 392 g/mol. The molecule has 0 saturated carbocycles. The van der Waals surface area contributed by atoms with Crippen LogP contribution in [0.4, 0.5) is 0 Å². The maximum Gasteiger partial charge on any atom is 0.333 e. The van der Waals surface area contributed by atoms with Crippen LogP contribution in [-0.4, -0.2) is 35.7 Å². The second-order valence-electron chi connectivity index (χ2n) is 6.65. The molecule has 0 saturated heterocycles. The lowest BCUT2D eigenvalue weighted by Gasteiger charge is -2.20. The van der Waals surface area contributed by atoms with Gasteiger partial charge in [-0.15, -0.1) is 23.5 Å². The van der Waals surface area contributed by atoms with Crippen molar-refractivity contribution in [1.82, 2.24) is 0 Å². The zero-order valence-corrected chi connectivity index (χ0v) is 18.6. The van der Waals surface area contributed by atoms with E-state index in [9.17, 15) is 9.59 Å². The van der Waals surface area contributed by atoms with Gasteiger partial charge in [-0.05, 0) is 58.7 Å². The summed E-state index contributed by atoms with van der Waals surface area (Å²) in [7, 11) is 0. The third-order valence-electron chi connectivity index (χ3n) is 3.56. The largest absolute Gasteiger partial charge is 0.461 e. The minimum absolute atomic E-state index is 0.0292. The standard InChI is InChI=1S/C22H28O4S2/c1-13(2)21(23)25-11-16(6)27-19-10-9-15(5)18(8)20(19)28-17(7)12-26-22(24)14(3)4/h9-10,16-17H,1,3,5,8,11-12H2,2,4,6-7H3. The highest BCUT2D eigenvalue weighted by Gasteiger charge is 2.18. The number of benzene rings is 1. The Kier molecular flexibility index (Phi) is 9.90. The molecule has 0 aliphatic rings. The molecule has 0 fully saturated rings. The van der Waals surface area contributed by atoms with E-state index in [4.69, 9.17) is 9.47 Å². The van der Waals surface area contributed by atoms with Gasteiger partial charge in [0.15, 0.2) is 0 Å². The van der Waals surface area contributed by atoms with E-state index in [1.807, 2.05) is 26.0 Å². The molecular formula is C22H28O4S2. The van der Waals surface area contributed by atoms with Gasteiger partial charge in [-0.1, -0.05) is 19.2 Å². The molecule has 0 heterocycles. The predicted molar refractivity (Wildman–Crippen MR) is 118 cm³/mol. The van der Waals surface area contributed by atoms with Crippen LogP contribution in [0.25, 0.3) is 0 Å². The molecule has 0 spiro atoms. The van der Waals surface area contributed by atoms with Crippen molar-refractivity contribution >= 4 is 35.5 Å². The van der Waals surface area contributed by atoms with Crippen molar-refractivity contribution in [2.24, 2.45) is 0 Å². The lowest BCUT2D eigenvalue weighted by Crippen LogP contribution is -2.15. The second kappa shape index (κ2) is 11.4. The monoisotopic (exact) mass is 420 g/mol. The summed E-state index contributed by atoms with van der Waals surface area (Å²) in [5.41, 5.74) is 2.45. The zero-order chi connectivity index (χ0) is 21.4. The van der Waals surface area contributed by atoms with Gasteiger partial charge in [-0.2, -0.15) is 0 Å². The maximum atomic E-state index is 11.6. The molecule has 28 heavy (non-hydrogen) atoms. The average Bonchev–Trinajstić information content (AvgIpc) is 2.63. The normalized spacial score (nSPS) is 12.8. The summed E-state index contributed by atoms with van der Waals surface area (Å²) in [6, 6.07) is 3.92. The van der Waals surface area contributed by atoms with Gasteiger partial charge in [-0.3, -0.25) is 0 Å². The van der Waals surface area contributed by atoms with Crippen LogP contribution in [0.1, 0.15) is 38.8 Å². The fourth-order valence-electron chi connectivity index (χ4n) is 1.99. The van der Waals surface area contributed by atoms with E-state index in [-0.39, 0.29) is 29.7 Å². The van der Waals surface area contributed by atoms with E-state index in [2.05, 4.69) is 27.0 Å². The van der Waals surface area contributed by atoms with Crippen LogP contribution in [-0.2, 0) is 19.1 Å². The summed E-state index contributed by atoms with van der Waals surface area (Å²) < 4.78 is 10.5. The number of hydrogen-bond acceptors (Lipinski definition) is 6. The Morgan fingerprint density at radius 3 is 1.86 bits per heavy atom. The minimum atomic E-state index is -0.393. The zero-order valence-electron chi connectivity index (χ0n) is 17.0. The van der Waals surface area contributed by atoms with Crippen molar-refractivity contribution in [2.45, 2.75) is 48.0 Å². The fraction of sp³-hybridized carbons (Fsp3) is 0.364. The summed E-state index contributed by atoms with van der Waals surface area (Å²) in [6.07, 6.45) is 0. The molecule has 2 atom stereocenters. The minimum Gasteiger partial charge on any atom is -0.461 e. The first-order valence-corrected chi connectivity index (χ1v) is 10.6. The molecule has 0 amide bonds. The predicted octanol–water partition coefficient (Wildman–Crippen LogP) is 5.25. The van der Waals surface area contributed by atoms with Crippen LogP contribution in [0.5, 0.6) is 0 Å². The second-order valence-corrected chi connectivity index (χ2v) is 9.57. The first-order valence-electron chi connectivity index (χ1n) is 8.82. The molecule has 1 rings (SSSR count). The molecule has 2 unspecified atom stereocenters. The number of carbonyl (C=O) groups excluding carboxylic acids is 2. The van der Waals surface area contributed by atoms with Crippen LogP contribution in [0.2, 0.25) is 0 Å². The highest BCUT2D eigenvalue weighted by atomic mass is 32.2. The van der Waals surface area contributed by atoms with Crippen molar-refractivity contribution in [1.29, 1.82) is 0 Å². The van der Waals surface area contributed by atoms with Crippen LogP contribution in [0, 0.1) is 13.8 Å². The lowest BCUT2D eigenvalue weighted by molar-refractivity contribution is -0.139. The lowest BCUT2D eigenvalue weighted by atomic mass is 10.1. The van der Waals surface area contributed by atoms with Gasteiger partial charge in [-0.25, -0.2) is 9.59 Å². The van der Waals surface area contributed by atoms with Crippen molar-refractivity contribution in [3.63, 3.8) is 0 Å². The number of esters is 2. The number of carbonyl (C=O) groups is 2. The molecule has 0 aromatic heterocycles. The number of rotatable bonds is 10. The van der Waals surface area contributed by atoms with E-state index < -0.39 is 5.97 Å². The molecule has 6 heteroatoms. The van der Waals surface area contributed by atoms with Gasteiger partial charge in [0.2, 0.25) is 0 Å². The summed E-state index contributed by atoms with van der Waals surface area (Å²) in [5.74, 6) is -0.781. The fourth-order valence-corrected chi connectivity index (χ4v) is 4.22. The average molecular weight is 421 g/mol. The summed E-state index contributed by atoms with van der Waals surface area (Å²) in [5, 5.41) is 0.0794. The van der Waals surface area contributed by atoms with Crippen molar-refractivity contribution in [2.75, 3.05) is 13.2 Å². The molecule has 4 nitrogen and oxygen atoms in total. The molecule has 0 bridgehead atoms. The van der Waals surface area contributed by atoms with Crippen LogP contribution >= 0.6 is 23.5 Å². The Labute approximate surface area is 177 Å². The Hall–Kier alpha value is -1.66. The number of ether oxygens (including phenoxy) is 2. The van der Waals surface area contributed by atoms with Gasteiger partial charge >= 0.3 is 11.9 Å². The van der Waals surface area contributed by atoms with E-state index in [0.717, 1.165) is 20.9 Å². The highest BCUT2D eigenvalue weighted by molar-refractivity contribution is 8.03.